The molecular weight excluding hydrogens is 224 g/mol. The minimum Gasteiger partial charge on any atom is -0.330 e. The third-order valence-corrected chi connectivity index (χ3v) is 3.73. The van der Waals surface area contributed by atoms with Crippen LogP contribution in [0.2, 0.25) is 0 Å². The highest BCUT2D eigenvalue weighted by molar-refractivity contribution is 5.97. The highest BCUT2D eigenvalue weighted by Crippen LogP contribution is 2.52. The molecule has 2 rings (SSSR count). The van der Waals surface area contributed by atoms with Gasteiger partial charge in [-0.05, 0) is 36.9 Å². The number of para-hydroxylation sites is 1. The Morgan fingerprint density at radius 3 is 2.50 bits per heavy atom. The van der Waals surface area contributed by atoms with Crippen molar-refractivity contribution in [3.63, 3.8) is 0 Å². The molecule has 0 radical (unpaired) electrons. The van der Waals surface area contributed by atoms with Crippen LogP contribution in [0.25, 0.3) is 0 Å². The van der Waals surface area contributed by atoms with Crippen molar-refractivity contribution >= 4 is 11.6 Å². The molecular formula is C15H22N2O. The van der Waals surface area contributed by atoms with E-state index in [2.05, 4.69) is 13.8 Å². The minimum absolute atomic E-state index is 0.173. The van der Waals surface area contributed by atoms with Crippen molar-refractivity contribution in [1.82, 2.24) is 0 Å². The summed E-state index contributed by atoms with van der Waals surface area (Å²) in [6.45, 7) is 5.64. The second kappa shape index (κ2) is 5.11. The molecule has 1 aromatic carbocycles. The fraction of sp³-hybridized carbons (Fsp3) is 0.533. The van der Waals surface area contributed by atoms with E-state index in [4.69, 9.17) is 5.73 Å². The SMILES string of the molecule is CC1(C)CC1C(=O)N(CCCN)c1ccccc1. The number of nitrogens with zero attached hydrogens (tertiary/aromatic N) is 1. The Hall–Kier alpha value is -1.35. The molecule has 0 spiro atoms. The average molecular weight is 246 g/mol. The van der Waals surface area contributed by atoms with E-state index in [0.717, 1.165) is 18.5 Å². The first-order chi connectivity index (χ1) is 8.56. The van der Waals surface area contributed by atoms with Gasteiger partial charge in [-0.25, -0.2) is 0 Å². The van der Waals surface area contributed by atoms with Gasteiger partial charge in [0, 0.05) is 18.2 Å². The summed E-state index contributed by atoms with van der Waals surface area (Å²) in [4.78, 5) is 14.4. The van der Waals surface area contributed by atoms with Crippen LogP contribution in [0.4, 0.5) is 5.69 Å². The molecule has 1 unspecified atom stereocenters. The van der Waals surface area contributed by atoms with Crippen molar-refractivity contribution in [3.8, 4) is 0 Å². The summed E-state index contributed by atoms with van der Waals surface area (Å²) in [5, 5.41) is 0. The quantitative estimate of drug-likeness (QED) is 0.867. The maximum Gasteiger partial charge on any atom is 0.230 e. The van der Waals surface area contributed by atoms with Crippen LogP contribution in [0.1, 0.15) is 26.7 Å². The summed E-state index contributed by atoms with van der Waals surface area (Å²) in [5.74, 6) is 0.426. The van der Waals surface area contributed by atoms with Crippen molar-refractivity contribution in [1.29, 1.82) is 0 Å². The Labute approximate surface area is 109 Å². The maximum atomic E-state index is 12.5. The van der Waals surface area contributed by atoms with Crippen LogP contribution >= 0.6 is 0 Å². The van der Waals surface area contributed by atoms with E-state index >= 15 is 0 Å². The Bertz CT molecular complexity index is 414. The number of nitrogens with two attached hydrogens (primary N) is 1. The molecule has 1 aliphatic rings. The molecule has 0 heterocycles. The highest BCUT2D eigenvalue weighted by atomic mass is 16.2. The Balaban J connectivity index is 2.13. The van der Waals surface area contributed by atoms with Gasteiger partial charge < -0.3 is 10.6 Å². The molecule has 0 aromatic heterocycles. The van der Waals surface area contributed by atoms with Crippen LogP contribution in [-0.2, 0) is 4.79 Å². The predicted octanol–water partition coefficient (Wildman–Crippen LogP) is 2.41. The summed E-state index contributed by atoms with van der Waals surface area (Å²) in [6.07, 6.45) is 1.84. The largest absolute Gasteiger partial charge is 0.330 e. The molecule has 1 aromatic rings. The van der Waals surface area contributed by atoms with Crippen molar-refractivity contribution in [3.05, 3.63) is 30.3 Å². The summed E-state index contributed by atoms with van der Waals surface area (Å²) in [7, 11) is 0. The minimum atomic E-state index is 0.173. The van der Waals surface area contributed by atoms with E-state index in [-0.39, 0.29) is 17.2 Å². The maximum absolute atomic E-state index is 12.5. The molecule has 1 amide bonds. The first kappa shape index (κ1) is 13.1. The fourth-order valence-electron chi connectivity index (χ4n) is 2.30. The fourth-order valence-corrected chi connectivity index (χ4v) is 2.30. The molecule has 1 aliphatic carbocycles. The van der Waals surface area contributed by atoms with Crippen molar-refractivity contribution in [2.24, 2.45) is 17.1 Å². The van der Waals surface area contributed by atoms with E-state index in [1.54, 1.807) is 0 Å². The third-order valence-electron chi connectivity index (χ3n) is 3.73. The van der Waals surface area contributed by atoms with Crippen molar-refractivity contribution in [2.75, 3.05) is 18.0 Å². The lowest BCUT2D eigenvalue weighted by atomic mass is 10.1. The van der Waals surface area contributed by atoms with Gasteiger partial charge in [0.1, 0.15) is 0 Å². The second-order valence-corrected chi connectivity index (χ2v) is 5.71. The summed E-state index contributed by atoms with van der Waals surface area (Å²) in [5.41, 5.74) is 6.72. The van der Waals surface area contributed by atoms with Crippen LogP contribution in [0.15, 0.2) is 30.3 Å². The Morgan fingerprint density at radius 1 is 1.39 bits per heavy atom. The van der Waals surface area contributed by atoms with Gasteiger partial charge in [0.25, 0.3) is 0 Å². The molecule has 2 N–H and O–H groups in total. The van der Waals surface area contributed by atoms with E-state index < -0.39 is 0 Å². The van der Waals surface area contributed by atoms with Gasteiger partial charge in [-0.15, -0.1) is 0 Å². The number of carbonyl (C=O) groups excluding carboxylic acids is 1. The second-order valence-electron chi connectivity index (χ2n) is 5.71. The van der Waals surface area contributed by atoms with Crippen LogP contribution in [0, 0.1) is 11.3 Å². The van der Waals surface area contributed by atoms with Gasteiger partial charge in [0.2, 0.25) is 5.91 Å². The summed E-state index contributed by atoms with van der Waals surface area (Å²) < 4.78 is 0. The number of carbonyl (C=O) groups is 1. The van der Waals surface area contributed by atoms with Gasteiger partial charge in [0.15, 0.2) is 0 Å². The normalized spacial score (nSPS) is 20.5. The predicted molar refractivity (Wildman–Crippen MR) is 74.4 cm³/mol. The number of hydrogen-bond donors (Lipinski definition) is 1. The Morgan fingerprint density at radius 2 is 2.00 bits per heavy atom. The van der Waals surface area contributed by atoms with Gasteiger partial charge in [0.05, 0.1) is 0 Å². The molecule has 1 fully saturated rings. The molecule has 3 heteroatoms. The van der Waals surface area contributed by atoms with Gasteiger partial charge in [-0.1, -0.05) is 32.0 Å². The molecule has 0 saturated heterocycles. The van der Waals surface area contributed by atoms with Crippen LogP contribution < -0.4 is 10.6 Å². The van der Waals surface area contributed by atoms with Crippen LogP contribution in [0.3, 0.4) is 0 Å². The molecule has 1 atom stereocenters. The van der Waals surface area contributed by atoms with E-state index in [1.807, 2.05) is 35.2 Å². The molecule has 1 saturated carbocycles. The zero-order valence-corrected chi connectivity index (χ0v) is 11.2. The molecule has 98 valence electrons. The van der Waals surface area contributed by atoms with E-state index in [9.17, 15) is 4.79 Å². The van der Waals surface area contributed by atoms with Crippen LogP contribution in [0.5, 0.6) is 0 Å². The molecule has 18 heavy (non-hydrogen) atoms. The van der Waals surface area contributed by atoms with Crippen LogP contribution in [-0.4, -0.2) is 19.0 Å². The first-order valence-electron chi connectivity index (χ1n) is 6.63. The van der Waals surface area contributed by atoms with Crippen molar-refractivity contribution in [2.45, 2.75) is 26.7 Å². The average Bonchev–Trinajstić information content (AvgIpc) is 3.00. The zero-order chi connectivity index (χ0) is 13.2. The zero-order valence-electron chi connectivity index (χ0n) is 11.2. The summed E-state index contributed by atoms with van der Waals surface area (Å²) >= 11 is 0. The monoisotopic (exact) mass is 246 g/mol. The van der Waals surface area contributed by atoms with Gasteiger partial charge >= 0.3 is 0 Å². The standard InChI is InChI=1S/C15H22N2O/c1-15(2)11-13(15)14(18)17(10-6-9-16)12-7-4-3-5-8-12/h3-5,7-8,13H,6,9-11,16H2,1-2H3. The molecule has 3 nitrogen and oxygen atoms in total. The number of rotatable bonds is 5. The number of hydrogen-bond acceptors (Lipinski definition) is 2. The Kier molecular flexibility index (Phi) is 3.71. The highest BCUT2D eigenvalue weighted by Gasteiger charge is 2.52. The number of anilines is 1. The first-order valence-corrected chi connectivity index (χ1v) is 6.63. The summed E-state index contributed by atoms with van der Waals surface area (Å²) in [6, 6.07) is 9.88. The lowest BCUT2D eigenvalue weighted by molar-refractivity contribution is -0.120. The molecule has 0 bridgehead atoms. The van der Waals surface area contributed by atoms with Gasteiger partial charge in [-0.2, -0.15) is 0 Å². The topological polar surface area (TPSA) is 46.3 Å². The number of amides is 1. The van der Waals surface area contributed by atoms with E-state index in [0.29, 0.717) is 13.1 Å². The van der Waals surface area contributed by atoms with Gasteiger partial charge in [-0.3, -0.25) is 4.79 Å². The van der Waals surface area contributed by atoms with Crippen molar-refractivity contribution < 1.29 is 4.79 Å². The lowest BCUT2D eigenvalue weighted by Crippen LogP contribution is -2.35. The molecule has 0 aliphatic heterocycles. The lowest BCUT2D eigenvalue weighted by Gasteiger charge is -2.23. The smallest absolute Gasteiger partial charge is 0.230 e. The van der Waals surface area contributed by atoms with E-state index in [1.165, 1.54) is 0 Å². The third kappa shape index (κ3) is 2.72. The number of benzene rings is 1.